The molecule has 19 heavy (non-hydrogen) atoms. The normalized spacial score (nSPS) is 10.8. The Balaban J connectivity index is 1.77. The molecule has 0 spiro atoms. The zero-order valence-electron chi connectivity index (χ0n) is 10.8. The van der Waals surface area contributed by atoms with Crippen molar-refractivity contribution in [2.45, 2.75) is 10.8 Å². The van der Waals surface area contributed by atoms with Crippen molar-refractivity contribution in [2.24, 2.45) is 0 Å². The number of para-hydroxylation sites is 1. The van der Waals surface area contributed by atoms with Gasteiger partial charge in [-0.25, -0.2) is 4.98 Å². The summed E-state index contributed by atoms with van der Waals surface area (Å²) in [6.45, 7) is 1.64. The second-order valence-electron chi connectivity index (χ2n) is 4.04. The van der Waals surface area contributed by atoms with Crippen LogP contribution in [-0.4, -0.2) is 36.8 Å². The number of thiazole rings is 1. The Morgan fingerprint density at radius 2 is 2.21 bits per heavy atom. The molecule has 2 aromatic rings. The smallest absolute Gasteiger partial charge is 0.230 e. The maximum absolute atomic E-state index is 11.6. The topological polar surface area (TPSA) is 54.0 Å². The number of rotatable bonds is 7. The van der Waals surface area contributed by atoms with Crippen molar-refractivity contribution in [3.8, 4) is 0 Å². The first-order chi connectivity index (χ1) is 9.29. The Kier molecular flexibility index (Phi) is 5.62. The zero-order chi connectivity index (χ0) is 13.5. The highest BCUT2D eigenvalue weighted by Gasteiger charge is 2.06. The highest BCUT2D eigenvalue weighted by atomic mass is 32.2. The highest BCUT2D eigenvalue weighted by Crippen LogP contribution is 2.28. The van der Waals surface area contributed by atoms with Gasteiger partial charge >= 0.3 is 0 Å². The molecule has 1 heterocycles. The minimum Gasteiger partial charge on any atom is -0.355 e. The van der Waals surface area contributed by atoms with Gasteiger partial charge < -0.3 is 10.6 Å². The summed E-state index contributed by atoms with van der Waals surface area (Å²) >= 11 is 3.13. The first-order valence-corrected chi connectivity index (χ1v) is 7.99. The number of nitrogens with one attached hydrogen (secondary N) is 2. The van der Waals surface area contributed by atoms with E-state index in [4.69, 9.17) is 0 Å². The van der Waals surface area contributed by atoms with Gasteiger partial charge in [-0.3, -0.25) is 4.79 Å². The predicted octanol–water partition coefficient (Wildman–Crippen LogP) is 2.11. The molecule has 0 aliphatic heterocycles. The Morgan fingerprint density at radius 1 is 1.37 bits per heavy atom. The molecule has 0 bridgehead atoms. The van der Waals surface area contributed by atoms with E-state index in [2.05, 4.69) is 21.7 Å². The van der Waals surface area contributed by atoms with Crippen LogP contribution in [-0.2, 0) is 4.79 Å². The summed E-state index contributed by atoms with van der Waals surface area (Å²) in [6, 6.07) is 8.02. The monoisotopic (exact) mass is 295 g/mol. The van der Waals surface area contributed by atoms with E-state index in [1.54, 1.807) is 11.3 Å². The van der Waals surface area contributed by atoms with Crippen LogP contribution in [0.15, 0.2) is 28.6 Å². The third kappa shape index (κ3) is 4.49. The molecule has 4 nitrogen and oxygen atoms in total. The van der Waals surface area contributed by atoms with Gasteiger partial charge in [-0.05, 0) is 32.1 Å². The van der Waals surface area contributed by atoms with Crippen LogP contribution in [0.4, 0.5) is 0 Å². The molecule has 1 aromatic carbocycles. The SMILES string of the molecule is CNCCCNC(=O)CSc1nc2ccccc2s1. The number of hydrogen-bond donors (Lipinski definition) is 2. The number of benzene rings is 1. The van der Waals surface area contributed by atoms with E-state index in [-0.39, 0.29) is 5.91 Å². The first kappa shape index (κ1) is 14.3. The van der Waals surface area contributed by atoms with Crippen LogP contribution in [0.5, 0.6) is 0 Å². The minimum atomic E-state index is 0.0698. The van der Waals surface area contributed by atoms with E-state index in [1.165, 1.54) is 16.5 Å². The van der Waals surface area contributed by atoms with Crippen molar-refractivity contribution in [3.05, 3.63) is 24.3 Å². The summed E-state index contributed by atoms with van der Waals surface area (Å²) < 4.78 is 2.12. The van der Waals surface area contributed by atoms with Gasteiger partial charge in [0.2, 0.25) is 5.91 Å². The van der Waals surface area contributed by atoms with Gasteiger partial charge in [0.15, 0.2) is 4.34 Å². The molecule has 2 rings (SSSR count). The Labute approximate surface area is 121 Å². The number of carbonyl (C=O) groups excluding carboxylic acids is 1. The van der Waals surface area contributed by atoms with Crippen molar-refractivity contribution in [3.63, 3.8) is 0 Å². The summed E-state index contributed by atoms with van der Waals surface area (Å²) in [5.41, 5.74) is 1.00. The Bertz CT molecular complexity index is 508. The van der Waals surface area contributed by atoms with Crippen LogP contribution >= 0.6 is 23.1 Å². The molecule has 0 saturated carbocycles. The average molecular weight is 295 g/mol. The molecule has 102 valence electrons. The molecule has 2 N–H and O–H groups in total. The molecule has 1 aromatic heterocycles. The predicted molar refractivity (Wildman–Crippen MR) is 81.9 cm³/mol. The molecule has 0 saturated heterocycles. The van der Waals surface area contributed by atoms with Crippen molar-refractivity contribution >= 4 is 39.2 Å². The van der Waals surface area contributed by atoms with Gasteiger partial charge in [-0.2, -0.15) is 0 Å². The maximum atomic E-state index is 11.6. The zero-order valence-corrected chi connectivity index (χ0v) is 12.4. The second kappa shape index (κ2) is 7.47. The lowest BCUT2D eigenvalue weighted by Crippen LogP contribution is -2.27. The van der Waals surface area contributed by atoms with E-state index in [0.717, 1.165) is 29.4 Å². The van der Waals surface area contributed by atoms with Gasteiger partial charge in [0.1, 0.15) is 0 Å². The van der Waals surface area contributed by atoms with Gasteiger partial charge in [-0.1, -0.05) is 23.9 Å². The maximum Gasteiger partial charge on any atom is 0.230 e. The summed E-state index contributed by atoms with van der Waals surface area (Å²) in [4.78, 5) is 16.1. The fourth-order valence-corrected chi connectivity index (χ4v) is 3.48. The third-order valence-electron chi connectivity index (χ3n) is 2.53. The lowest BCUT2D eigenvalue weighted by Gasteiger charge is -2.03. The van der Waals surface area contributed by atoms with E-state index in [0.29, 0.717) is 5.75 Å². The molecule has 1 amide bonds. The molecule has 0 radical (unpaired) electrons. The number of amides is 1. The lowest BCUT2D eigenvalue weighted by molar-refractivity contribution is -0.118. The number of carbonyl (C=O) groups is 1. The van der Waals surface area contributed by atoms with Crippen molar-refractivity contribution in [2.75, 3.05) is 25.9 Å². The molecule has 0 fully saturated rings. The lowest BCUT2D eigenvalue weighted by atomic mass is 10.3. The van der Waals surface area contributed by atoms with E-state index in [9.17, 15) is 4.79 Å². The standard InChI is InChI=1S/C13H17N3OS2/c1-14-7-4-8-15-12(17)9-18-13-16-10-5-2-3-6-11(10)19-13/h2-3,5-6,14H,4,7-9H2,1H3,(H,15,17). The van der Waals surface area contributed by atoms with Gasteiger partial charge in [0.05, 0.1) is 16.0 Å². The summed E-state index contributed by atoms with van der Waals surface area (Å²) in [6.07, 6.45) is 0.952. The average Bonchev–Trinajstić information content (AvgIpc) is 2.84. The van der Waals surface area contributed by atoms with Crippen LogP contribution in [0.3, 0.4) is 0 Å². The van der Waals surface area contributed by atoms with Gasteiger partial charge in [0.25, 0.3) is 0 Å². The third-order valence-corrected chi connectivity index (χ3v) is 4.71. The quantitative estimate of drug-likeness (QED) is 0.607. The summed E-state index contributed by atoms with van der Waals surface area (Å²) in [5.74, 6) is 0.500. The number of thioether (sulfide) groups is 1. The van der Waals surface area contributed by atoms with E-state index < -0.39 is 0 Å². The fraction of sp³-hybridized carbons (Fsp3) is 0.385. The van der Waals surface area contributed by atoms with E-state index in [1.807, 2.05) is 25.2 Å². The molecular formula is C13H17N3OS2. The summed E-state index contributed by atoms with van der Waals surface area (Å²) in [7, 11) is 1.91. The van der Waals surface area contributed by atoms with Crippen molar-refractivity contribution < 1.29 is 4.79 Å². The number of nitrogens with zero attached hydrogens (tertiary/aromatic N) is 1. The van der Waals surface area contributed by atoms with Crippen LogP contribution < -0.4 is 10.6 Å². The minimum absolute atomic E-state index is 0.0698. The highest BCUT2D eigenvalue weighted by molar-refractivity contribution is 8.01. The second-order valence-corrected chi connectivity index (χ2v) is 6.30. The van der Waals surface area contributed by atoms with Crippen LogP contribution in [0.25, 0.3) is 10.2 Å². The Morgan fingerprint density at radius 3 is 3.00 bits per heavy atom. The summed E-state index contributed by atoms with van der Waals surface area (Å²) in [5, 5.41) is 5.95. The molecule has 0 unspecified atom stereocenters. The first-order valence-electron chi connectivity index (χ1n) is 6.19. The van der Waals surface area contributed by atoms with Crippen LogP contribution in [0, 0.1) is 0 Å². The van der Waals surface area contributed by atoms with Crippen LogP contribution in [0.2, 0.25) is 0 Å². The van der Waals surface area contributed by atoms with Crippen LogP contribution in [0.1, 0.15) is 6.42 Å². The molecular weight excluding hydrogens is 278 g/mol. The molecule has 0 aliphatic rings. The fourth-order valence-electron chi connectivity index (χ4n) is 1.58. The number of hydrogen-bond acceptors (Lipinski definition) is 5. The Hall–Kier alpha value is -1.11. The molecule has 0 aliphatic carbocycles. The van der Waals surface area contributed by atoms with Crippen molar-refractivity contribution in [1.29, 1.82) is 0 Å². The van der Waals surface area contributed by atoms with Gasteiger partial charge in [-0.15, -0.1) is 11.3 Å². The number of aromatic nitrogens is 1. The van der Waals surface area contributed by atoms with E-state index >= 15 is 0 Å². The largest absolute Gasteiger partial charge is 0.355 e. The molecule has 6 heteroatoms. The van der Waals surface area contributed by atoms with Gasteiger partial charge in [0, 0.05) is 6.54 Å². The number of fused-ring (bicyclic) bond motifs is 1. The van der Waals surface area contributed by atoms with Crippen molar-refractivity contribution in [1.82, 2.24) is 15.6 Å². The molecule has 0 atom stereocenters.